The van der Waals surface area contributed by atoms with Crippen LogP contribution in [0.25, 0.3) is 0 Å². The number of anilines is 1. The molecular weight excluding hydrogens is 258 g/mol. The van der Waals surface area contributed by atoms with Crippen molar-refractivity contribution in [3.8, 4) is 0 Å². The number of aliphatic imine (C=N–C) groups is 1. The van der Waals surface area contributed by atoms with E-state index in [0.29, 0.717) is 6.04 Å². The number of nitrogens with zero attached hydrogens (tertiary/aromatic N) is 3. The summed E-state index contributed by atoms with van der Waals surface area (Å²) in [4.78, 5) is 6.65. The van der Waals surface area contributed by atoms with Gasteiger partial charge in [-0.3, -0.25) is 4.99 Å². The third-order valence-corrected chi connectivity index (χ3v) is 4.21. The highest BCUT2D eigenvalue weighted by Gasteiger charge is 2.15. The Kier molecular flexibility index (Phi) is 4.09. The molecule has 1 aromatic carbocycles. The molecule has 0 N–H and O–H groups in total. The van der Waals surface area contributed by atoms with Crippen molar-refractivity contribution in [1.82, 2.24) is 4.57 Å². The Balaban J connectivity index is 1.68. The Labute approximate surface area is 126 Å². The van der Waals surface area contributed by atoms with Crippen LogP contribution in [-0.2, 0) is 0 Å². The van der Waals surface area contributed by atoms with Gasteiger partial charge in [0.2, 0.25) is 0 Å². The fourth-order valence-electron chi connectivity index (χ4n) is 2.92. The summed E-state index contributed by atoms with van der Waals surface area (Å²) in [5.74, 6) is 0. The van der Waals surface area contributed by atoms with Gasteiger partial charge in [-0.15, -0.1) is 0 Å². The Bertz CT molecular complexity index is 602. The molecule has 0 unspecified atom stereocenters. The highest BCUT2D eigenvalue weighted by Crippen LogP contribution is 2.29. The van der Waals surface area contributed by atoms with Crippen LogP contribution in [0.15, 0.2) is 47.7 Å². The lowest BCUT2D eigenvalue weighted by Gasteiger charge is -2.11. The lowest BCUT2D eigenvalue weighted by molar-refractivity contribution is 0.521. The standard InChI is InChI=1S/C18H23N3/c1-20(2)17-9-7-16(8-10-17)19-13-15-11-12-21(14-15)18-5-3-4-6-18/h7-14,18H,3-6H2,1-2H3. The molecule has 1 heterocycles. The second-order valence-electron chi connectivity index (χ2n) is 6.00. The summed E-state index contributed by atoms with van der Waals surface area (Å²) < 4.78 is 2.35. The van der Waals surface area contributed by atoms with Crippen molar-refractivity contribution in [3.05, 3.63) is 48.3 Å². The first-order chi connectivity index (χ1) is 10.2. The van der Waals surface area contributed by atoms with Crippen LogP contribution in [-0.4, -0.2) is 24.9 Å². The van der Waals surface area contributed by atoms with Gasteiger partial charge in [0.1, 0.15) is 0 Å². The van der Waals surface area contributed by atoms with Crippen LogP contribution in [0, 0.1) is 0 Å². The summed E-state index contributed by atoms with van der Waals surface area (Å²) >= 11 is 0. The van der Waals surface area contributed by atoms with Gasteiger partial charge in [-0.25, -0.2) is 0 Å². The molecule has 3 heteroatoms. The molecule has 0 radical (unpaired) electrons. The minimum Gasteiger partial charge on any atom is -0.378 e. The van der Waals surface area contributed by atoms with E-state index in [0.717, 1.165) is 5.69 Å². The topological polar surface area (TPSA) is 20.5 Å². The number of aromatic nitrogens is 1. The van der Waals surface area contributed by atoms with E-state index in [1.54, 1.807) is 0 Å². The molecule has 0 aliphatic heterocycles. The van der Waals surface area contributed by atoms with Crippen LogP contribution in [0.3, 0.4) is 0 Å². The zero-order chi connectivity index (χ0) is 14.7. The van der Waals surface area contributed by atoms with E-state index in [4.69, 9.17) is 0 Å². The van der Waals surface area contributed by atoms with Crippen LogP contribution in [0.5, 0.6) is 0 Å². The number of hydrogen-bond acceptors (Lipinski definition) is 2. The van der Waals surface area contributed by atoms with Crippen molar-refractivity contribution >= 4 is 17.6 Å². The third kappa shape index (κ3) is 3.35. The molecule has 110 valence electrons. The molecule has 0 spiro atoms. The van der Waals surface area contributed by atoms with Crippen molar-refractivity contribution in [3.63, 3.8) is 0 Å². The van der Waals surface area contributed by atoms with Crippen molar-refractivity contribution < 1.29 is 0 Å². The van der Waals surface area contributed by atoms with Gasteiger partial charge in [0.25, 0.3) is 0 Å². The third-order valence-electron chi connectivity index (χ3n) is 4.21. The minimum absolute atomic E-state index is 0.700. The molecule has 3 nitrogen and oxygen atoms in total. The maximum Gasteiger partial charge on any atom is 0.0631 e. The molecule has 1 aromatic heterocycles. The lowest BCUT2D eigenvalue weighted by Crippen LogP contribution is -2.07. The summed E-state index contributed by atoms with van der Waals surface area (Å²) in [5.41, 5.74) is 3.37. The quantitative estimate of drug-likeness (QED) is 0.760. The van der Waals surface area contributed by atoms with Gasteiger partial charge >= 0.3 is 0 Å². The monoisotopic (exact) mass is 281 g/mol. The van der Waals surface area contributed by atoms with Crippen molar-refractivity contribution in [2.75, 3.05) is 19.0 Å². The first-order valence-corrected chi connectivity index (χ1v) is 7.71. The molecule has 0 saturated heterocycles. The molecule has 1 saturated carbocycles. The van der Waals surface area contributed by atoms with E-state index in [2.05, 4.69) is 57.2 Å². The molecule has 21 heavy (non-hydrogen) atoms. The first-order valence-electron chi connectivity index (χ1n) is 7.71. The van der Waals surface area contributed by atoms with E-state index in [1.807, 2.05) is 20.3 Å². The summed E-state index contributed by atoms with van der Waals surface area (Å²) in [5, 5.41) is 0. The normalized spacial score (nSPS) is 15.9. The summed E-state index contributed by atoms with van der Waals surface area (Å²) in [6.45, 7) is 0. The molecule has 1 aliphatic rings. The number of benzene rings is 1. The van der Waals surface area contributed by atoms with Crippen LogP contribution in [0.2, 0.25) is 0 Å². The van der Waals surface area contributed by atoms with E-state index < -0.39 is 0 Å². The maximum absolute atomic E-state index is 4.56. The zero-order valence-corrected chi connectivity index (χ0v) is 12.9. The number of hydrogen-bond donors (Lipinski definition) is 0. The molecule has 1 fully saturated rings. The molecule has 2 aromatic rings. The van der Waals surface area contributed by atoms with Gasteiger partial charge < -0.3 is 9.47 Å². The van der Waals surface area contributed by atoms with Gasteiger partial charge in [-0.2, -0.15) is 0 Å². The largest absolute Gasteiger partial charge is 0.378 e. The first kappa shape index (κ1) is 13.9. The van der Waals surface area contributed by atoms with Gasteiger partial charge in [0.15, 0.2) is 0 Å². The average molecular weight is 281 g/mol. The van der Waals surface area contributed by atoms with E-state index in [1.165, 1.54) is 36.9 Å². The van der Waals surface area contributed by atoms with Crippen molar-refractivity contribution in [2.45, 2.75) is 31.7 Å². The molecule has 0 amide bonds. The van der Waals surface area contributed by atoms with E-state index in [9.17, 15) is 0 Å². The molecule has 1 aliphatic carbocycles. The molecule has 3 rings (SSSR count). The van der Waals surface area contributed by atoms with Gasteiger partial charge in [0, 0.05) is 50.0 Å². The molecule has 0 bridgehead atoms. The highest BCUT2D eigenvalue weighted by molar-refractivity contribution is 5.81. The van der Waals surface area contributed by atoms with Crippen LogP contribution in [0.1, 0.15) is 37.3 Å². The lowest BCUT2D eigenvalue weighted by atomic mass is 10.2. The molecular formula is C18H23N3. The fourth-order valence-corrected chi connectivity index (χ4v) is 2.92. The Morgan fingerprint density at radius 3 is 2.48 bits per heavy atom. The summed E-state index contributed by atoms with van der Waals surface area (Å²) in [6.07, 6.45) is 11.7. The van der Waals surface area contributed by atoms with Crippen LogP contribution < -0.4 is 4.90 Å². The van der Waals surface area contributed by atoms with Gasteiger partial charge in [-0.1, -0.05) is 12.8 Å². The van der Waals surface area contributed by atoms with Crippen molar-refractivity contribution in [2.24, 2.45) is 4.99 Å². The van der Waals surface area contributed by atoms with Gasteiger partial charge in [-0.05, 0) is 43.2 Å². The summed E-state index contributed by atoms with van der Waals surface area (Å²) in [6, 6.07) is 11.1. The zero-order valence-electron chi connectivity index (χ0n) is 12.9. The maximum atomic E-state index is 4.56. The second-order valence-corrected chi connectivity index (χ2v) is 6.00. The second kappa shape index (κ2) is 6.17. The summed E-state index contributed by atoms with van der Waals surface area (Å²) in [7, 11) is 4.09. The SMILES string of the molecule is CN(C)c1ccc(N=Cc2ccn(C3CCCC3)c2)cc1. The van der Waals surface area contributed by atoms with E-state index >= 15 is 0 Å². The average Bonchev–Trinajstić information content (AvgIpc) is 3.16. The van der Waals surface area contributed by atoms with E-state index in [-0.39, 0.29) is 0 Å². The number of rotatable bonds is 4. The molecule has 0 atom stereocenters. The minimum atomic E-state index is 0.700. The van der Waals surface area contributed by atoms with Gasteiger partial charge in [0.05, 0.1) is 5.69 Å². The van der Waals surface area contributed by atoms with Crippen LogP contribution >= 0.6 is 0 Å². The Morgan fingerprint density at radius 1 is 1.10 bits per heavy atom. The van der Waals surface area contributed by atoms with Crippen LogP contribution in [0.4, 0.5) is 11.4 Å². The predicted octanol–water partition coefficient (Wildman–Crippen LogP) is 4.42. The highest BCUT2D eigenvalue weighted by atomic mass is 15.1. The smallest absolute Gasteiger partial charge is 0.0631 e. The Hall–Kier alpha value is -2.03. The van der Waals surface area contributed by atoms with Crippen molar-refractivity contribution in [1.29, 1.82) is 0 Å². The predicted molar refractivity (Wildman–Crippen MR) is 90.0 cm³/mol. The fraction of sp³-hybridized carbons (Fsp3) is 0.389. The Morgan fingerprint density at radius 2 is 1.81 bits per heavy atom.